The Balaban J connectivity index is 2.07. The zero-order chi connectivity index (χ0) is 14.9. The molecule has 4 heteroatoms. The average Bonchev–Trinajstić information content (AvgIpc) is 2.40. The van der Waals surface area contributed by atoms with Crippen molar-refractivity contribution in [2.45, 2.75) is 45.6 Å². The lowest BCUT2D eigenvalue weighted by molar-refractivity contribution is 0.0635. The van der Waals surface area contributed by atoms with Gasteiger partial charge in [-0.3, -0.25) is 4.79 Å². The van der Waals surface area contributed by atoms with Crippen LogP contribution in [0, 0.1) is 5.41 Å². The van der Waals surface area contributed by atoms with Crippen molar-refractivity contribution in [3.05, 3.63) is 33.3 Å². The van der Waals surface area contributed by atoms with E-state index < -0.39 is 0 Å². The zero-order valence-corrected chi connectivity index (χ0v) is 14.6. The van der Waals surface area contributed by atoms with Crippen molar-refractivity contribution in [2.75, 3.05) is 7.05 Å². The van der Waals surface area contributed by atoms with E-state index in [0.717, 1.165) is 17.3 Å². The van der Waals surface area contributed by atoms with Gasteiger partial charge in [0.05, 0.1) is 5.02 Å². The number of nitrogens with zero attached hydrogens (tertiary/aromatic N) is 1. The molecule has 0 radical (unpaired) electrons. The third-order valence-electron chi connectivity index (χ3n) is 4.34. The van der Waals surface area contributed by atoms with Crippen LogP contribution in [0.2, 0.25) is 5.02 Å². The van der Waals surface area contributed by atoms with Crippen LogP contribution in [0.5, 0.6) is 0 Å². The molecule has 0 spiro atoms. The van der Waals surface area contributed by atoms with Gasteiger partial charge in [0.15, 0.2) is 0 Å². The van der Waals surface area contributed by atoms with E-state index in [1.165, 1.54) is 12.8 Å². The van der Waals surface area contributed by atoms with Gasteiger partial charge in [-0.05, 0) is 65.2 Å². The molecule has 20 heavy (non-hydrogen) atoms. The molecule has 2 rings (SSSR count). The summed E-state index contributed by atoms with van der Waals surface area (Å²) in [5, 5.41) is 0.578. The van der Waals surface area contributed by atoms with Gasteiger partial charge < -0.3 is 4.90 Å². The molecule has 0 aromatic heterocycles. The van der Waals surface area contributed by atoms with Crippen molar-refractivity contribution in [1.82, 2.24) is 4.90 Å². The van der Waals surface area contributed by atoms with Crippen LogP contribution >= 0.6 is 27.5 Å². The third-order valence-corrected chi connectivity index (χ3v) is 5.58. The molecule has 2 nitrogen and oxygen atoms in total. The molecule has 1 amide bonds. The molecule has 1 aliphatic rings. The van der Waals surface area contributed by atoms with Crippen molar-refractivity contribution in [3.8, 4) is 0 Å². The quantitative estimate of drug-likeness (QED) is 0.716. The Morgan fingerprint density at radius 3 is 2.50 bits per heavy atom. The number of benzene rings is 1. The summed E-state index contributed by atoms with van der Waals surface area (Å²) >= 11 is 9.42. The van der Waals surface area contributed by atoms with Crippen LogP contribution in [-0.4, -0.2) is 23.9 Å². The second-order valence-electron chi connectivity index (χ2n) is 6.44. The minimum Gasteiger partial charge on any atom is -0.339 e. The minimum atomic E-state index is 0.0594. The Hall–Kier alpha value is -0.540. The molecule has 0 atom stereocenters. The van der Waals surface area contributed by atoms with Crippen molar-refractivity contribution < 1.29 is 4.79 Å². The first-order valence-electron chi connectivity index (χ1n) is 7.02. The van der Waals surface area contributed by atoms with Crippen molar-refractivity contribution in [1.29, 1.82) is 0 Å². The van der Waals surface area contributed by atoms with Crippen LogP contribution in [0.3, 0.4) is 0 Å². The second-order valence-corrected chi connectivity index (χ2v) is 7.70. The molecule has 1 aromatic carbocycles. The molecule has 1 aromatic rings. The predicted octanol–water partition coefficient (Wildman–Crippen LogP) is 5.14. The van der Waals surface area contributed by atoms with E-state index in [9.17, 15) is 4.79 Å². The van der Waals surface area contributed by atoms with E-state index >= 15 is 0 Å². The van der Waals surface area contributed by atoms with E-state index in [-0.39, 0.29) is 5.91 Å². The fourth-order valence-corrected chi connectivity index (χ4v) is 3.20. The highest BCUT2D eigenvalue weighted by Crippen LogP contribution is 2.37. The first-order valence-corrected chi connectivity index (χ1v) is 8.19. The Morgan fingerprint density at radius 2 is 1.95 bits per heavy atom. The second kappa shape index (κ2) is 6.07. The van der Waals surface area contributed by atoms with Gasteiger partial charge in [0.1, 0.15) is 0 Å². The molecule has 0 N–H and O–H groups in total. The molecular weight excluding hydrogens is 338 g/mol. The van der Waals surface area contributed by atoms with Gasteiger partial charge in [-0.2, -0.15) is 0 Å². The number of hydrogen-bond donors (Lipinski definition) is 0. The smallest absolute Gasteiger partial charge is 0.253 e. The third kappa shape index (κ3) is 3.56. The summed E-state index contributed by atoms with van der Waals surface area (Å²) in [7, 11) is 1.90. The molecule has 0 aliphatic heterocycles. The molecule has 110 valence electrons. The predicted molar refractivity (Wildman–Crippen MR) is 87.3 cm³/mol. The lowest BCUT2D eigenvalue weighted by Gasteiger charge is -2.38. The van der Waals surface area contributed by atoms with Gasteiger partial charge in [-0.1, -0.05) is 25.4 Å². The van der Waals surface area contributed by atoms with E-state index in [4.69, 9.17) is 11.6 Å². The summed E-state index contributed by atoms with van der Waals surface area (Å²) in [6.45, 7) is 4.61. The first kappa shape index (κ1) is 15.8. The number of carbonyl (C=O) groups is 1. The number of hydrogen-bond acceptors (Lipinski definition) is 1. The average molecular weight is 359 g/mol. The number of amides is 1. The van der Waals surface area contributed by atoms with Gasteiger partial charge in [0.25, 0.3) is 5.91 Å². The van der Waals surface area contributed by atoms with Crippen LogP contribution in [-0.2, 0) is 0 Å². The SMILES string of the molecule is CN(C(=O)c1ccc(Br)c(Cl)c1)C1CCC(C)(C)CC1. The molecule has 1 aliphatic carbocycles. The summed E-state index contributed by atoms with van der Waals surface area (Å²) in [6.07, 6.45) is 4.52. The van der Waals surface area contributed by atoms with E-state index in [1.54, 1.807) is 6.07 Å². The Bertz CT molecular complexity index is 505. The fourth-order valence-electron chi connectivity index (χ4n) is 2.77. The highest BCUT2D eigenvalue weighted by molar-refractivity contribution is 9.10. The Morgan fingerprint density at radius 1 is 1.35 bits per heavy atom. The topological polar surface area (TPSA) is 20.3 Å². The Labute approximate surface area is 134 Å². The highest BCUT2D eigenvalue weighted by atomic mass is 79.9. The fraction of sp³-hybridized carbons (Fsp3) is 0.562. The number of rotatable bonds is 2. The lowest BCUT2D eigenvalue weighted by atomic mass is 9.75. The standard InChI is InChI=1S/C16H21BrClNO/c1-16(2)8-6-12(7-9-16)19(3)15(20)11-4-5-13(17)14(18)10-11/h4-5,10,12H,6-9H2,1-3H3. The summed E-state index contributed by atoms with van der Waals surface area (Å²) in [6, 6.07) is 5.73. The minimum absolute atomic E-state index is 0.0594. The zero-order valence-electron chi connectivity index (χ0n) is 12.2. The van der Waals surface area contributed by atoms with E-state index in [0.29, 0.717) is 22.0 Å². The van der Waals surface area contributed by atoms with Crippen LogP contribution < -0.4 is 0 Å². The summed E-state index contributed by atoms with van der Waals surface area (Å²) in [5.41, 5.74) is 1.08. The van der Waals surface area contributed by atoms with Crippen molar-refractivity contribution in [2.24, 2.45) is 5.41 Å². The molecule has 0 saturated heterocycles. The van der Waals surface area contributed by atoms with Crippen LogP contribution in [0.25, 0.3) is 0 Å². The monoisotopic (exact) mass is 357 g/mol. The van der Waals surface area contributed by atoms with Crippen molar-refractivity contribution in [3.63, 3.8) is 0 Å². The molecule has 1 saturated carbocycles. The van der Waals surface area contributed by atoms with Crippen molar-refractivity contribution >= 4 is 33.4 Å². The van der Waals surface area contributed by atoms with Gasteiger partial charge >= 0.3 is 0 Å². The largest absolute Gasteiger partial charge is 0.339 e. The summed E-state index contributed by atoms with van der Waals surface area (Å²) in [5.74, 6) is 0.0594. The summed E-state index contributed by atoms with van der Waals surface area (Å²) in [4.78, 5) is 14.4. The van der Waals surface area contributed by atoms with Gasteiger partial charge in [-0.15, -0.1) is 0 Å². The summed E-state index contributed by atoms with van der Waals surface area (Å²) < 4.78 is 0.817. The molecule has 0 heterocycles. The first-order chi connectivity index (χ1) is 9.30. The normalized spacial score (nSPS) is 18.9. The van der Waals surface area contributed by atoms with Crippen LogP contribution in [0.15, 0.2) is 22.7 Å². The van der Waals surface area contributed by atoms with Gasteiger partial charge in [-0.25, -0.2) is 0 Å². The van der Waals surface area contributed by atoms with Crippen LogP contribution in [0.4, 0.5) is 0 Å². The lowest BCUT2D eigenvalue weighted by Crippen LogP contribution is -2.40. The molecule has 1 fully saturated rings. The molecular formula is C16H21BrClNO. The van der Waals surface area contributed by atoms with E-state index in [1.807, 2.05) is 24.1 Å². The highest BCUT2D eigenvalue weighted by Gasteiger charge is 2.30. The maximum absolute atomic E-state index is 12.5. The number of halogens is 2. The molecule has 0 unspecified atom stereocenters. The maximum atomic E-state index is 12.5. The van der Waals surface area contributed by atoms with Gasteiger partial charge in [0, 0.05) is 23.1 Å². The Kier molecular flexibility index (Phi) is 4.80. The van der Waals surface area contributed by atoms with E-state index in [2.05, 4.69) is 29.8 Å². The number of carbonyl (C=O) groups excluding carboxylic acids is 1. The van der Waals surface area contributed by atoms with Gasteiger partial charge in [0.2, 0.25) is 0 Å². The van der Waals surface area contributed by atoms with Crippen LogP contribution in [0.1, 0.15) is 49.9 Å². The maximum Gasteiger partial charge on any atom is 0.253 e. The molecule has 0 bridgehead atoms.